The van der Waals surface area contributed by atoms with Gasteiger partial charge in [-0.25, -0.2) is 15.8 Å². The Morgan fingerprint density at radius 1 is 1.32 bits per heavy atom. The number of hydrogen-bond donors (Lipinski definition) is 4. The summed E-state index contributed by atoms with van der Waals surface area (Å²) >= 11 is 0. The molecule has 0 atom stereocenters. The Bertz CT molecular complexity index is 462. The summed E-state index contributed by atoms with van der Waals surface area (Å²) in [6.45, 7) is 4.39. The molecule has 0 fully saturated rings. The van der Waals surface area contributed by atoms with Crippen molar-refractivity contribution in [1.29, 1.82) is 0 Å². The minimum absolute atomic E-state index is 0.106. The number of hydrogen-bond acceptors (Lipinski definition) is 6. The molecule has 5 N–H and O–H groups in total. The van der Waals surface area contributed by atoms with Crippen LogP contribution in [0.25, 0.3) is 0 Å². The molecule has 0 saturated heterocycles. The van der Waals surface area contributed by atoms with Crippen molar-refractivity contribution < 1.29 is 9.59 Å². The number of carbonyl (C=O) groups is 2. The van der Waals surface area contributed by atoms with E-state index in [4.69, 9.17) is 5.84 Å². The molecule has 8 nitrogen and oxygen atoms in total. The third-order valence-electron chi connectivity index (χ3n) is 2.23. The second-order valence-corrected chi connectivity index (χ2v) is 3.82. The van der Waals surface area contributed by atoms with E-state index >= 15 is 0 Å². The number of amides is 2. The monoisotopic (exact) mass is 266 g/mol. The van der Waals surface area contributed by atoms with Crippen molar-refractivity contribution in [3.63, 3.8) is 0 Å². The van der Waals surface area contributed by atoms with Gasteiger partial charge >= 0.3 is 0 Å². The lowest BCUT2D eigenvalue weighted by molar-refractivity contribution is -0.120. The molecule has 0 radical (unpaired) electrons. The first kappa shape index (κ1) is 14.8. The average Bonchev–Trinajstić information content (AvgIpc) is 2.38. The summed E-state index contributed by atoms with van der Waals surface area (Å²) in [5.41, 5.74) is 3.11. The quantitative estimate of drug-likeness (QED) is 0.400. The Balaban J connectivity index is 2.54. The van der Waals surface area contributed by atoms with E-state index in [0.29, 0.717) is 12.2 Å². The number of anilines is 1. The van der Waals surface area contributed by atoms with E-state index in [1.54, 1.807) is 13.0 Å². The molecule has 0 spiro atoms. The lowest BCUT2D eigenvalue weighted by Gasteiger charge is -2.07. The van der Waals surface area contributed by atoms with Gasteiger partial charge in [0.25, 0.3) is 5.91 Å². The maximum absolute atomic E-state index is 11.8. The van der Waals surface area contributed by atoms with Gasteiger partial charge in [-0.1, -0.05) is 0 Å². The molecule has 2 amide bonds. The largest absolute Gasteiger partial charge is 0.356 e. The van der Waals surface area contributed by atoms with Crippen LogP contribution in [0, 0.1) is 6.92 Å². The van der Waals surface area contributed by atoms with Gasteiger partial charge in [-0.3, -0.25) is 15.0 Å². The third kappa shape index (κ3) is 4.88. The van der Waals surface area contributed by atoms with Crippen molar-refractivity contribution in [1.82, 2.24) is 20.6 Å². The van der Waals surface area contributed by atoms with Crippen LogP contribution in [0.1, 0.15) is 29.5 Å². The molecular weight excluding hydrogens is 248 g/mol. The Hall–Kier alpha value is -2.22. The number of nitrogens with one attached hydrogen (secondary N) is 3. The number of aromatic nitrogens is 2. The lowest BCUT2D eigenvalue weighted by atomic mass is 10.3. The number of hydrazine groups is 1. The molecule has 0 aliphatic rings. The number of nitrogens with two attached hydrogens (primary N) is 1. The van der Waals surface area contributed by atoms with Crippen molar-refractivity contribution in [2.24, 2.45) is 5.84 Å². The molecule has 0 aliphatic heterocycles. The van der Waals surface area contributed by atoms with Crippen molar-refractivity contribution in [2.45, 2.75) is 20.3 Å². The highest BCUT2D eigenvalue weighted by Gasteiger charge is 2.10. The average molecular weight is 266 g/mol. The van der Waals surface area contributed by atoms with Crippen LogP contribution in [0.15, 0.2) is 6.07 Å². The molecule has 0 bridgehead atoms. The zero-order valence-corrected chi connectivity index (χ0v) is 11.0. The Morgan fingerprint density at radius 3 is 2.68 bits per heavy atom. The Kier molecular flexibility index (Phi) is 5.68. The number of nitrogens with zero attached hydrogens (tertiary/aromatic N) is 2. The van der Waals surface area contributed by atoms with Gasteiger partial charge in [0, 0.05) is 25.2 Å². The molecule has 1 heterocycles. The number of nitrogen functional groups attached to an aromatic ring is 1. The van der Waals surface area contributed by atoms with Crippen LogP contribution in [0.2, 0.25) is 0 Å². The maximum atomic E-state index is 11.8. The van der Waals surface area contributed by atoms with Crippen molar-refractivity contribution in [3.05, 3.63) is 17.5 Å². The molecule has 0 aromatic carbocycles. The van der Waals surface area contributed by atoms with Crippen molar-refractivity contribution in [3.8, 4) is 0 Å². The number of rotatable bonds is 6. The summed E-state index contributed by atoms with van der Waals surface area (Å²) in [5.74, 6) is 4.90. The summed E-state index contributed by atoms with van der Waals surface area (Å²) in [4.78, 5) is 30.9. The fraction of sp³-hybridized carbons (Fsp3) is 0.455. The Labute approximate surface area is 111 Å². The highest BCUT2D eigenvalue weighted by atomic mass is 16.2. The van der Waals surface area contributed by atoms with Gasteiger partial charge in [-0.15, -0.1) is 0 Å². The van der Waals surface area contributed by atoms with Crippen LogP contribution >= 0.6 is 0 Å². The molecule has 8 heteroatoms. The second-order valence-electron chi connectivity index (χ2n) is 3.82. The molecular formula is C11H18N6O2. The lowest BCUT2D eigenvalue weighted by Crippen LogP contribution is -2.31. The van der Waals surface area contributed by atoms with Crippen molar-refractivity contribution in [2.75, 3.05) is 18.5 Å². The van der Waals surface area contributed by atoms with Gasteiger partial charge in [0.05, 0.1) is 0 Å². The smallest absolute Gasteiger partial charge is 0.270 e. The zero-order valence-electron chi connectivity index (χ0n) is 11.0. The van der Waals surface area contributed by atoms with E-state index in [9.17, 15) is 9.59 Å². The first-order chi connectivity index (χ1) is 9.06. The van der Waals surface area contributed by atoms with E-state index in [2.05, 4.69) is 26.0 Å². The number of aryl methyl sites for hydroxylation is 1. The summed E-state index contributed by atoms with van der Waals surface area (Å²) in [5, 5.41) is 5.25. The standard InChI is InChI=1S/C11H18N6O2/c1-3-13-9(18)4-5-14-10(19)8-6-7(2)15-11(16-8)17-12/h6H,3-5,12H2,1-2H3,(H,13,18)(H,14,19)(H,15,16,17). The second kappa shape index (κ2) is 7.27. The topological polar surface area (TPSA) is 122 Å². The number of carbonyl (C=O) groups excluding carboxylic acids is 2. The molecule has 0 saturated carbocycles. The first-order valence-electron chi connectivity index (χ1n) is 5.94. The summed E-state index contributed by atoms with van der Waals surface area (Å²) in [6.07, 6.45) is 0.228. The highest BCUT2D eigenvalue weighted by Crippen LogP contribution is 2.03. The third-order valence-corrected chi connectivity index (χ3v) is 2.23. The van der Waals surface area contributed by atoms with E-state index in [0.717, 1.165) is 0 Å². The maximum Gasteiger partial charge on any atom is 0.270 e. The molecule has 0 aliphatic carbocycles. The summed E-state index contributed by atoms with van der Waals surface area (Å²) in [7, 11) is 0. The molecule has 1 rings (SSSR count). The molecule has 1 aromatic rings. The molecule has 19 heavy (non-hydrogen) atoms. The van der Waals surface area contributed by atoms with Crippen LogP contribution < -0.4 is 21.9 Å². The first-order valence-corrected chi connectivity index (χ1v) is 5.94. The normalized spacial score (nSPS) is 9.84. The summed E-state index contributed by atoms with van der Waals surface area (Å²) in [6, 6.07) is 1.54. The van der Waals surface area contributed by atoms with Crippen LogP contribution in [0.5, 0.6) is 0 Å². The van der Waals surface area contributed by atoms with E-state index < -0.39 is 0 Å². The van der Waals surface area contributed by atoms with Gasteiger partial charge in [0.15, 0.2) is 0 Å². The van der Waals surface area contributed by atoms with Crippen LogP contribution in [-0.2, 0) is 4.79 Å². The highest BCUT2D eigenvalue weighted by molar-refractivity contribution is 5.92. The van der Waals surface area contributed by atoms with E-state index in [1.165, 1.54) is 0 Å². The van der Waals surface area contributed by atoms with Gasteiger partial charge < -0.3 is 10.6 Å². The van der Waals surface area contributed by atoms with Gasteiger partial charge in [0.1, 0.15) is 5.69 Å². The molecule has 104 valence electrons. The van der Waals surface area contributed by atoms with Crippen LogP contribution in [-0.4, -0.2) is 34.9 Å². The van der Waals surface area contributed by atoms with Gasteiger partial charge in [-0.05, 0) is 19.9 Å². The summed E-state index contributed by atoms with van der Waals surface area (Å²) < 4.78 is 0. The zero-order chi connectivity index (χ0) is 14.3. The minimum atomic E-state index is -0.369. The van der Waals surface area contributed by atoms with E-state index in [1.807, 2.05) is 6.92 Å². The van der Waals surface area contributed by atoms with Crippen LogP contribution in [0.4, 0.5) is 5.95 Å². The molecule has 0 unspecified atom stereocenters. The minimum Gasteiger partial charge on any atom is -0.356 e. The van der Waals surface area contributed by atoms with Gasteiger partial charge in [-0.2, -0.15) is 0 Å². The fourth-order valence-electron chi connectivity index (χ4n) is 1.42. The predicted molar refractivity (Wildman–Crippen MR) is 70.2 cm³/mol. The molecule has 1 aromatic heterocycles. The SMILES string of the molecule is CCNC(=O)CCNC(=O)c1cc(C)nc(NN)n1. The Morgan fingerprint density at radius 2 is 2.05 bits per heavy atom. The van der Waals surface area contributed by atoms with Crippen molar-refractivity contribution >= 4 is 17.8 Å². The fourth-order valence-corrected chi connectivity index (χ4v) is 1.42. The predicted octanol–water partition coefficient (Wildman–Crippen LogP) is -0.673. The van der Waals surface area contributed by atoms with Crippen LogP contribution in [0.3, 0.4) is 0 Å². The van der Waals surface area contributed by atoms with E-state index in [-0.39, 0.29) is 36.4 Å². The van der Waals surface area contributed by atoms with Gasteiger partial charge in [0.2, 0.25) is 11.9 Å².